The molecule has 1 heterocycles. The van der Waals surface area contributed by atoms with E-state index in [1.807, 2.05) is 11.8 Å². The molecule has 1 aliphatic rings. The van der Waals surface area contributed by atoms with Crippen LogP contribution in [0.1, 0.15) is 47.5 Å². The van der Waals surface area contributed by atoms with E-state index in [1.165, 1.54) is 35.9 Å². The van der Waals surface area contributed by atoms with E-state index in [9.17, 15) is 4.79 Å². The van der Waals surface area contributed by atoms with Gasteiger partial charge in [0.15, 0.2) is 4.34 Å². The minimum atomic E-state index is -0.142. The first-order valence-corrected chi connectivity index (χ1v) is 9.17. The largest absolute Gasteiger partial charge is 0.357 e. The Hall–Kier alpha value is -0.820. The fraction of sp³-hybridized carbons (Fsp3) is 0.786. The Morgan fingerprint density at radius 1 is 1.24 bits per heavy atom. The number of aromatic nitrogens is 2. The molecule has 2 rings (SSSR count). The van der Waals surface area contributed by atoms with Gasteiger partial charge in [-0.2, -0.15) is 0 Å². The van der Waals surface area contributed by atoms with Crippen LogP contribution in [0.2, 0.25) is 0 Å². The van der Waals surface area contributed by atoms with Gasteiger partial charge in [-0.3, -0.25) is 4.79 Å². The Bertz CT molecular complexity index is 477. The summed E-state index contributed by atoms with van der Waals surface area (Å²) in [6.45, 7) is 10.2. The highest BCUT2D eigenvalue weighted by molar-refractivity contribution is 8.02. The van der Waals surface area contributed by atoms with E-state index in [1.54, 1.807) is 0 Å². The predicted molar refractivity (Wildman–Crippen MR) is 89.0 cm³/mol. The van der Waals surface area contributed by atoms with Crippen LogP contribution in [0.5, 0.6) is 0 Å². The van der Waals surface area contributed by atoms with Gasteiger partial charge in [-0.1, -0.05) is 23.1 Å². The zero-order valence-electron chi connectivity index (χ0n) is 13.3. The molecule has 7 heteroatoms. The van der Waals surface area contributed by atoms with E-state index in [0.717, 1.165) is 9.47 Å². The second kappa shape index (κ2) is 6.96. The fourth-order valence-corrected chi connectivity index (χ4v) is 4.26. The van der Waals surface area contributed by atoms with Gasteiger partial charge >= 0.3 is 0 Å². The molecular weight excluding hydrogens is 304 g/mol. The molecule has 1 aromatic rings. The highest BCUT2D eigenvalue weighted by Crippen LogP contribution is 2.32. The minimum Gasteiger partial charge on any atom is -0.357 e. The summed E-state index contributed by atoms with van der Waals surface area (Å²) in [5, 5.41) is 12.4. The van der Waals surface area contributed by atoms with Crippen LogP contribution in [0.15, 0.2) is 4.34 Å². The number of nitrogens with one attached hydrogen (secondary N) is 1. The van der Waals surface area contributed by atoms with Crippen molar-refractivity contribution in [3.05, 3.63) is 0 Å². The minimum absolute atomic E-state index is 0.142. The van der Waals surface area contributed by atoms with Gasteiger partial charge in [0.25, 0.3) is 0 Å². The first-order valence-electron chi connectivity index (χ1n) is 7.47. The zero-order valence-corrected chi connectivity index (χ0v) is 14.9. The molecule has 21 heavy (non-hydrogen) atoms. The van der Waals surface area contributed by atoms with Gasteiger partial charge in [0.1, 0.15) is 0 Å². The molecule has 1 atom stereocenters. The predicted octanol–water partition coefficient (Wildman–Crippen LogP) is 3.24. The standard InChI is InChI=1S/C14H24N4OS2/c1-8(2)18(9(3)4)12(19)10(5)20-14-17-16-13(21-14)15-11-6-7-11/h8-11H,6-7H2,1-5H3,(H,15,16). The molecular formula is C14H24N4OS2. The summed E-state index contributed by atoms with van der Waals surface area (Å²) in [6, 6.07) is 0.997. The lowest BCUT2D eigenvalue weighted by atomic mass is 10.2. The van der Waals surface area contributed by atoms with Crippen molar-refractivity contribution in [2.24, 2.45) is 0 Å². The molecule has 1 aliphatic carbocycles. The average molecular weight is 329 g/mol. The van der Waals surface area contributed by atoms with Crippen molar-refractivity contribution in [3.63, 3.8) is 0 Å². The van der Waals surface area contributed by atoms with E-state index in [4.69, 9.17) is 0 Å². The third-order valence-electron chi connectivity index (χ3n) is 3.30. The van der Waals surface area contributed by atoms with Gasteiger partial charge in [-0.15, -0.1) is 10.2 Å². The number of anilines is 1. The third-order valence-corrected chi connectivity index (χ3v) is 5.33. The second-order valence-electron chi connectivity index (χ2n) is 5.98. The molecule has 0 saturated heterocycles. The van der Waals surface area contributed by atoms with E-state index in [2.05, 4.69) is 43.2 Å². The summed E-state index contributed by atoms with van der Waals surface area (Å²) < 4.78 is 0.853. The number of hydrogen-bond acceptors (Lipinski definition) is 6. The Labute approximate surface area is 134 Å². The lowest BCUT2D eigenvalue weighted by Gasteiger charge is -2.32. The van der Waals surface area contributed by atoms with Crippen molar-refractivity contribution in [1.82, 2.24) is 15.1 Å². The maximum Gasteiger partial charge on any atom is 0.236 e. The number of hydrogen-bond donors (Lipinski definition) is 1. The van der Waals surface area contributed by atoms with E-state index < -0.39 is 0 Å². The highest BCUT2D eigenvalue weighted by Gasteiger charge is 2.27. The molecule has 5 nitrogen and oxygen atoms in total. The molecule has 0 radical (unpaired) electrons. The first kappa shape index (κ1) is 16.5. The molecule has 1 N–H and O–H groups in total. The maximum atomic E-state index is 12.6. The smallest absolute Gasteiger partial charge is 0.236 e. The second-order valence-corrected chi connectivity index (χ2v) is 8.55. The lowest BCUT2D eigenvalue weighted by Crippen LogP contribution is -2.45. The van der Waals surface area contributed by atoms with Crippen molar-refractivity contribution in [2.45, 2.75) is 75.2 Å². The quantitative estimate of drug-likeness (QED) is 0.779. The van der Waals surface area contributed by atoms with Crippen LogP contribution in [0.3, 0.4) is 0 Å². The molecule has 1 fully saturated rings. The SMILES string of the molecule is CC(Sc1nnc(NC2CC2)s1)C(=O)N(C(C)C)C(C)C. The van der Waals surface area contributed by atoms with Crippen LogP contribution in [0.4, 0.5) is 5.13 Å². The molecule has 1 amide bonds. The Kier molecular flexibility index (Phi) is 5.48. The van der Waals surface area contributed by atoms with Crippen LogP contribution < -0.4 is 5.32 Å². The van der Waals surface area contributed by atoms with Gasteiger partial charge in [-0.25, -0.2) is 0 Å². The van der Waals surface area contributed by atoms with Crippen LogP contribution in [0.25, 0.3) is 0 Å². The molecule has 0 aromatic carbocycles. The molecule has 0 bridgehead atoms. The van der Waals surface area contributed by atoms with Crippen molar-refractivity contribution in [3.8, 4) is 0 Å². The van der Waals surface area contributed by atoms with E-state index in [-0.39, 0.29) is 23.2 Å². The molecule has 0 spiro atoms. The number of rotatable bonds is 7. The molecule has 118 valence electrons. The summed E-state index contributed by atoms with van der Waals surface area (Å²) in [5.41, 5.74) is 0. The summed E-state index contributed by atoms with van der Waals surface area (Å²) in [4.78, 5) is 14.5. The Morgan fingerprint density at radius 2 is 1.86 bits per heavy atom. The Morgan fingerprint density at radius 3 is 2.38 bits per heavy atom. The number of carbonyl (C=O) groups excluding carboxylic acids is 1. The number of carbonyl (C=O) groups is 1. The monoisotopic (exact) mass is 328 g/mol. The van der Waals surface area contributed by atoms with Gasteiger partial charge in [-0.05, 0) is 47.5 Å². The highest BCUT2D eigenvalue weighted by atomic mass is 32.2. The molecule has 1 aromatic heterocycles. The van der Waals surface area contributed by atoms with Crippen LogP contribution >= 0.6 is 23.1 Å². The summed E-state index contributed by atoms with van der Waals surface area (Å²) >= 11 is 3.03. The molecule has 0 aliphatic heterocycles. The topological polar surface area (TPSA) is 58.1 Å². The normalized spacial score (nSPS) is 16.3. The molecule has 1 saturated carbocycles. The number of thioether (sulfide) groups is 1. The summed E-state index contributed by atoms with van der Waals surface area (Å²) in [5.74, 6) is 0.164. The summed E-state index contributed by atoms with van der Waals surface area (Å²) in [7, 11) is 0. The summed E-state index contributed by atoms with van der Waals surface area (Å²) in [6.07, 6.45) is 2.43. The van der Waals surface area contributed by atoms with E-state index >= 15 is 0 Å². The van der Waals surface area contributed by atoms with Crippen molar-refractivity contribution >= 4 is 34.1 Å². The van der Waals surface area contributed by atoms with Gasteiger partial charge in [0.2, 0.25) is 11.0 Å². The van der Waals surface area contributed by atoms with Crippen LogP contribution in [-0.4, -0.2) is 44.4 Å². The third kappa shape index (κ3) is 4.57. The van der Waals surface area contributed by atoms with Crippen LogP contribution in [0, 0.1) is 0 Å². The van der Waals surface area contributed by atoms with Gasteiger partial charge in [0, 0.05) is 18.1 Å². The Balaban J connectivity index is 1.94. The average Bonchev–Trinajstić information content (AvgIpc) is 3.08. The van der Waals surface area contributed by atoms with E-state index in [0.29, 0.717) is 6.04 Å². The first-order chi connectivity index (χ1) is 9.88. The van der Waals surface area contributed by atoms with Crippen molar-refractivity contribution in [1.29, 1.82) is 0 Å². The number of amides is 1. The van der Waals surface area contributed by atoms with Gasteiger partial charge < -0.3 is 10.2 Å². The lowest BCUT2D eigenvalue weighted by molar-refractivity contribution is -0.133. The van der Waals surface area contributed by atoms with Crippen LogP contribution in [-0.2, 0) is 4.79 Å². The zero-order chi connectivity index (χ0) is 15.6. The van der Waals surface area contributed by atoms with Crippen molar-refractivity contribution in [2.75, 3.05) is 5.32 Å². The van der Waals surface area contributed by atoms with Gasteiger partial charge in [0.05, 0.1) is 5.25 Å². The number of nitrogens with zero attached hydrogens (tertiary/aromatic N) is 3. The molecule has 1 unspecified atom stereocenters. The maximum absolute atomic E-state index is 12.6. The van der Waals surface area contributed by atoms with Crippen molar-refractivity contribution < 1.29 is 4.79 Å². The fourth-order valence-electron chi connectivity index (χ4n) is 2.23.